The van der Waals surface area contributed by atoms with E-state index in [4.69, 9.17) is 0 Å². The van der Waals surface area contributed by atoms with Crippen LogP contribution in [0.5, 0.6) is 0 Å². The first kappa shape index (κ1) is 14.8. The second-order valence-corrected chi connectivity index (χ2v) is 5.36. The van der Waals surface area contributed by atoms with Gasteiger partial charge in [-0.15, -0.1) is 0 Å². The quantitative estimate of drug-likeness (QED) is 0.879. The van der Waals surface area contributed by atoms with Gasteiger partial charge in [-0.25, -0.2) is 13.8 Å². The highest BCUT2D eigenvalue weighted by Gasteiger charge is 2.15. The van der Waals surface area contributed by atoms with Crippen LogP contribution < -0.4 is 10.2 Å². The molecule has 1 N–H and O–H groups in total. The molecule has 0 unspecified atom stereocenters. The van der Waals surface area contributed by atoms with Crippen LogP contribution in [0.2, 0.25) is 0 Å². The van der Waals surface area contributed by atoms with Gasteiger partial charge in [0.25, 0.3) is 6.43 Å². The summed E-state index contributed by atoms with van der Waals surface area (Å²) in [4.78, 5) is 5.68. The zero-order valence-electron chi connectivity index (χ0n) is 11.4. The van der Waals surface area contributed by atoms with Crippen LogP contribution in [0.4, 0.5) is 14.6 Å². The minimum Gasteiger partial charge on any atom is -0.354 e. The lowest BCUT2D eigenvalue weighted by Gasteiger charge is -2.24. The molecule has 1 aromatic rings. The van der Waals surface area contributed by atoms with E-state index in [0.29, 0.717) is 12.4 Å². The zero-order chi connectivity index (χ0) is 13.8. The van der Waals surface area contributed by atoms with Gasteiger partial charge in [-0.05, 0) is 26.8 Å². The summed E-state index contributed by atoms with van der Waals surface area (Å²) in [5.41, 5.74) is 0.907. The molecule has 3 nitrogen and oxygen atoms in total. The highest BCUT2D eigenvalue weighted by Crippen LogP contribution is 2.17. The molecule has 0 aliphatic rings. The molecular weight excluding hydrogens is 236 g/mol. The number of aromatic nitrogens is 1. The van der Waals surface area contributed by atoms with Crippen LogP contribution in [0.25, 0.3) is 0 Å². The average molecular weight is 257 g/mol. The Morgan fingerprint density at radius 2 is 2.06 bits per heavy atom. The fourth-order valence-electron chi connectivity index (χ4n) is 1.57. The van der Waals surface area contributed by atoms with Gasteiger partial charge in [0, 0.05) is 30.9 Å². The summed E-state index contributed by atoms with van der Waals surface area (Å²) >= 11 is 0. The van der Waals surface area contributed by atoms with E-state index >= 15 is 0 Å². The number of rotatable bonds is 5. The lowest BCUT2D eigenvalue weighted by atomic mass is 10.1. The van der Waals surface area contributed by atoms with E-state index in [0.717, 1.165) is 5.56 Å². The van der Waals surface area contributed by atoms with Crippen molar-refractivity contribution in [2.75, 3.05) is 18.5 Å². The molecule has 0 saturated heterocycles. The summed E-state index contributed by atoms with van der Waals surface area (Å²) in [6, 6.07) is 3.72. The molecule has 18 heavy (non-hydrogen) atoms. The Morgan fingerprint density at radius 1 is 1.39 bits per heavy atom. The fraction of sp³-hybridized carbons (Fsp3) is 0.615. The van der Waals surface area contributed by atoms with Crippen LogP contribution in [-0.4, -0.2) is 30.5 Å². The zero-order valence-corrected chi connectivity index (χ0v) is 11.4. The summed E-state index contributed by atoms with van der Waals surface area (Å²) in [7, 11) is 1.63. The topological polar surface area (TPSA) is 28.2 Å². The number of pyridine rings is 1. The van der Waals surface area contributed by atoms with Crippen LogP contribution >= 0.6 is 0 Å². The average Bonchev–Trinajstić information content (AvgIpc) is 2.25. The molecule has 1 heterocycles. The third kappa shape index (κ3) is 4.96. The lowest BCUT2D eigenvalue weighted by molar-refractivity contribution is 0.156. The molecule has 0 aliphatic heterocycles. The van der Waals surface area contributed by atoms with Crippen molar-refractivity contribution in [3.05, 3.63) is 23.9 Å². The van der Waals surface area contributed by atoms with E-state index in [2.05, 4.69) is 31.1 Å². The normalized spacial score (nSPS) is 11.9. The number of hydrogen-bond acceptors (Lipinski definition) is 3. The van der Waals surface area contributed by atoms with Gasteiger partial charge in [-0.1, -0.05) is 6.07 Å². The third-order valence-electron chi connectivity index (χ3n) is 2.45. The molecule has 0 aliphatic carbocycles. The van der Waals surface area contributed by atoms with Gasteiger partial charge in [-0.2, -0.15) is 0 Å². The second-order valence-electron chi connectivity index (χ2n) is 5.36. The molecule has 1 aromatic heterocycles. The van der Waals surface area contributed by atoms with E-state index in [1.165, 1.54) is 4.90 Å². The molecule has 0 bridgehead atoms. The van der Waals surface area contributed by atoms with Crippen molar-refractivity contribution in [1.29, 1.82) is 0 Å². The summed E-state index contributed by atoms with van der Waals surface area (Å²) in [5, 5.41) is 3.33. The molecule has 0 atom stereocenters. The first-order valence-corrected chi connectivity index (χ1v) is 5.98. The first-order valence-electron chi connectivity index (χ1n) is 5.98. The van der Waals surface area contributed by atoms with Crippen LogP contribution in [-0.2, 0) is 6.54 Å². The SMILES string of the molecule is CN(CC(F)F)c1ncccc1CNC(C)(C)C. The van der Waals surface area contributed by atoms with Crippen molar-refractivity contribution in [3.63, 3.8) is 0 Å². The Balaban J connectivity index is 2.79. The number of halogens is 2. The fourth-order valence-corrected chi connectivity index (χ4v) is 1.57. The van der Waals surface area contributed by atoms with Gasteiger partial charge >= 0.3 is 0 Å². The Morgan fingerprint density at radius 3 is 2.61 bits per heavy atom. The number of nitrogens with zero attached hydrogens (tertiary/aromatic N) is 2. The minimum atomic E-state index is -2.36. The van der Waals surface area contributed by atoms with Crippen molar-refractivity contribution in [2.24, 2.45) is 0 Å². The van der Waals surface area contributed by atoms with E-state index in [1.54, 1.807) is 13.2 Å². The highest BCUT2D eigenvalue weighted by atomic mass is 19.3. The highest BCUT2D eigenvalue weighted by molar-refractivity contribution is 5.46. The maximum atomic E-state index is 12.4. The number of alkyl halides is 2. The van der Waals surface area contributed by atoms with Gasteiger partial charge < -0.3 is 10.2 Å². The molecule has 1 rings (SSSR count). The first-order chi connectivity index (χ1) is 8.29. The minimum absolute atomic E-state index is 0.0194. The molecular formula is C13H21F2N3. The lowest BCUT2D eigenvalue weighted by Crippen LogP contribution is -2.36. The van der Waals surface area contributed by atoms with Crippen molar-refractivity contribution in [1.82, 2.24) is 10.3 Å². The molecule has 102 valence electrons. The van der Waals surface area contributed by atoms with Gasteiger partial charge in [0.2, 0.25) is 0 Å². The predicted octanol–water partition coefficient (Wildman–Crippen LogP) is 2.67. The predicted molar refractivity (Wildman–Crippen MR) is 70.1 cm³/mol. The van der Waals surface area contributed by atoms with Crippen molar-refractivity contribution < 1.29 is 8.78 Å². The van der Waals surface area contributed by atoms with E-state index in [9.17, 15) is 8.78 Å². The van der Waals surface area contributed by atoms with Crippen molar-refractivity contribution in [3.8, 4) is 0 Å². The van der Waals surface area contributed by atoms with E-state index in [-0.39, 0.29) is 12.1 Å². The maximum absolute atomic E-state index is 12.4. The van der Waals surface area contributed by atoms with Crippen LogP contribution in [0, 0.1) is 0 Å². The Bertz CT molecular complexity index is 375. The van der Waals surface area contributed by atoms with Crippen molar-refractivity contribution in [2.45, 2.75) is 39.3 Å². The summed E-state index contributed by atoms with van der Waals surface area (Å²) in [6.07, 6.45) is -0.738. The Labute approximate surface area is 107 Å². The van der Waals surface area contributed by atoms with Crippen molar-refractivity contribution >= 4 is 5.82 Å². The number of hydrogen-bond donors (Lipinski definition) is 1. The van der Waals surface area contributed by atoms with Gasteiger partial charge in [0.1, 0.15) is 5.82 Å². The number of anilines is 1. The Kier molecular flexibility index (Phi) is 5.02. The summed E-state index contributed by atoms with van der Waals surface area (Å²) < 4.78 is 24.8. The molecule has 0 spiro atoms. The number of nitrogens with one attached hydrogen (secondary N) is 1. The summed E-state index contributed by atoms with van der Waals surface area (Å²) in [5.74, 6) is 0.606. The standard InChI is InChI=1S/C13H21F2N3/c1-13(2,3)17-8-10-6-5-7-16-12(10)18(4)9-11(14)15/h5-7,11,17H,8-9H2,1-4H3. The third-order valence-corrected chi connectivity index (χ3v) is 2.45. The smallest absolute Gasteiger partial charge is 0.255 e. The molecule has 0 fully saturated rings. The van der Waals surface area contributed by atoms with Gasteiger partial charge in [-0.3, -0.25) is 0 Å². The maximum Gasteiger partial charge on any atom is 0.255 e. The monoisotopic (exact) mass is 257 g/mol. The molecule has 0 amide bonds. The molecule has 0 aromatic carbocycles. The van der Waals surface area contributed by atoms with E-state index in [1.807, 2.05) is 12.1 Å². The van der Waals surface area contributed by atoms with Crippen LogP contribution in [0.3, 0.4) is 0 Å². The molecule has 5 heteroatoms. The largest absolute Gasteiger partial charge is 0.354 e. The Hall–Kier alpha value is -1.23. The van der Waals surface area contributed by atoms with Gasteiger partial charge in [0.05, 0.1) is 6.54 Å². The van der Waals surface area contributed by atoms with Crippen LogP contribution in [0.15, 0.2) is 18.3 Å². The molecule has 0 radical (unpaired) electrons. The molecule has 0 saturated carbocycles. The summed E-state index contributed by atoms with van der Waals surface area (Å²) in [6.45, 7) is 6.49. The van der Waals surface area contributed by atoms with E-state index < -0.39 is 6.43 Å². The van der Waals surface area contributed by atoms with Crippen LogP contribution in [0.1, 0.15) is 26.3 Å². The van der Waals surface area contributed by atoms with Gasteiger partial charge in [0.15, 0.2) is 0 Å². The second kappa shape index (κ2) is 6.09.